The van der Waals surface area contributed by atoms with Crippen molar-refractivity contribution in [3.05, 3.63) is 60.7 Å². The second-order valence-corrected chi connectivity index (χ2v) is 10.3. The summed E-state index contributed by atoms with van der Waals surface area (Å²) in [6.45, 7) is 2.35. The number of hydrogen-bond acceptors (Lipinski definition) is 9. The molecular weight excluding hydrogens is 512 g/mol. The van der Waals surface area contributed by atoms with E-state index < -0.39 is 30.6 Å². The molecule has 12 nitrogen and oxygen atoms in total. The number of carbonyl (C=O) groups is 1. The van der Waals surface area contributed by atoms with E-state index in [0.29, 0.717) is 42.7 Å². The van der Waals surface area contributed by atoms with Crippen molar-refractivity contribution < 1.29 is 19.7 Å². The standard InChI is InChI=1S/C28H36N8O4/c1-2-16(8-9-20(30)27(39)32-14-18-13-21(35-34-18)17-6-4-3-5-7-17)12-22-24(37)25(38)28(40-22)36-15-33-23-19(29)10-11-31-26(23)36/h3-7,10-11,13,15-16,20,22,24-25,28,37-38H,2,8-9,12,14,30H2,1H3,(H2,29,31)(H,32,39)(H,34,35)/t16-,20-,22+,24?,25-,28+/m0/s1. The fourth-order valence-corrected chi connectivity index (χ4v) is 5.18. The van der Waals surface area contributed by atoms with E-state index in [0.717, 1.165) is 23.4 Å². The minimum absolute atomic E-state index is 0.138. The highest BCUT2D eigenvalue weighted by Gasteiger charge is 2.44. The Morgan fingerprint density at radius 1 is 1.18 bits per heavy atom. The average Bonchev–Trinajstić information content (AvgIpc) is 3.69. The molecule has 1 fully saturated rings. The van der Waals surface area contributed by atoms with Crippen molar-refractivity contribution in [2.75, 3.05) is 5.73 Å². The van der Waals surface area contributed by atoms with Crippen LogP contribution in [0.15, 0.2) is 55.0 Å². The number of pyridine rings is 1. The Labute approximate surface area is 231 Å². The summed E-state index contributed by atoms with van der Waals surface area (Å²) in [5.41, 5.74) is 16.2. The summed E-state index contributed by atoms with van der Waals surface area (Å²) in [6.07, 6.45) is 1.89. The number of aliphatic hydroxyl groups excluding tert-OH is 2. The van der Waals surface area contributed by atoms with Crippen LogP contribution in [-0.4, -0.2) is 65.2 Å². The highest BCUT2D eigenvalue weighted by Crippen LogP contribution is 2.36. The van der Waals surface area contributed by atoms with Crippen LogP contribution in [0, 0.1) is 5.92 Å². The molecule has 0 spiro atoms. The number of amides is 1. The van der Waals surface area contributed by atoms with Gasteiger partial charge in [-0.25, -0.2) is 9.97 Å². The number of nitrogens with zero attached hydrogens (tertiary/aromatic N) is 4. The van der Waals surface area contributed by atoms with E-state index in [-0.39, 0.29) is 11.8 Å². The van der Waals surface area contributed by atoms with Gasteiger partial charge in [0.05, 0.1) is 42.1 Å². The number of rotatable bonds is 11. The summed E-state index contributed by atoms with van der Waals surface area (Å²) < 4.78 is 7.71. The quantitative estimate of drug-likeness (QED) is 0.162. The zero-order valence-corrected chi connectivity index (χ0v) is 22.4. The molecule has 0 bridgehead atoms. The third kappa shape index (κ3) is 5.85. The molecule has 0 aliphatic carbocycles. The van der Waals surface area contributed by atoms with Gasteiger partial charge in [0, 0.05) is 11.8 Å². The number of nitrogen functional groups attached to an aromatic ring is 1. The fraction of sp³-hybridized carbons (Fsp3) is 0.429. The van der Waals surface area contributed by atoms with E-state index in [1.165, 1.54) is 6.33 Å². The summed E-state index contributed by atoms with van der Waals surface area (Å²) in [5.74, 6) is -0.101. The number of carbonyl (C=O) groups excluding carboxylic acids is 1. The topological polar surface area (TPSA) is 190 Å². The van der Waals surface area contributed by atoms with Gasteiger partial charge >= 0.3 is 0 Å². The van der Waals surface area contributed by atoms with Gasteiger partial charge in [-0.15, -0.1) is 0 Å². The molecule has 1 saturated heterocycles. The molecular formula is C28H36N8O4. The lowest BCUT2D eigenvalue weighted by Gasteiger charge is -2.22. The maximum absolute atomic E-state index is 12.6. The van der Waals surface area contributed by atoms with E-state index in [1.54, 1.807) is 16.8 Å². The molecule has 1 aromatic carbocycles. The minimum Gasteiger partial charge on any atom is -0.397 e. The van der Waals surface area contributed by atoms with Gasteiger partial charge in [0.25, 0.3) is 0 Å². The SMILES string of the molecule is CC[C@@H](CC[C@H](N)C(=O)NCc1cc(-c2ccccc2)n[nH]1)C[C@H]1O[C@@H](n2cnc3c(N)ccnc32)[C@@H](O)C1O. The number of hydrogen-bond donors (Lipinski definition) is 6. The Morgan fingerprint density at radius 3 is 2.75 bits per heavy atom. The van der Waals surface area contributed by atoms with E-state index in [4.69, 9.17) is 16.2 Å². The van der Waals surface area contributed by atoms with E-state index in [2.05, 4.69) is 25.5 Å². The smallest absolute Gasteiger partial charge is 0.237 e. The van der Waals surface area contributed by atoms with Gasteiger partial charge in [0.2, 0.25) is 5.91 Å². The van der Waals surface area contributed by atoms with Gasteiger partial charge in [-0.3, -0.25) is 14.5 Å². The second kappa shape index (κ2) is 12.1. The molecule has 1 aliphatic rings. The summed E-state index contributed by atoms with van der Waals surface area (Å²) >= 11 is 0. The number of imidazole rings is 1. The molecule has 5 rings (SSSR count). The molecule has 8 N–H and O–H groups in total. The first-order valence-corrected chi connectivity index (χ1v) is 13.6. The number of aromatic nitrogens is 5. The van der Waals surface area contributed by atoms with Crippen LogP contribution in [0.2, 0.25) is 0 Å². The van der Waals surface area contributed by atoms with Crippen LogP contribution in [0.3, 0.4) is 0 Å². The molecule has 40 heavy (non-hydrogen) atoms. The Bertz CT molecular complexity index is 1420. The van der Waals surface area contributed by atoms with Crippen LogP contribution in [0.5, 0.6) is 0 Å². The van der Waals surface area contributed by atoms with Gasteiger partial charge < -0.3 is 31.7 Å². The minimum atomic E-state index is -1.15. The zero-order chi connectivity index (χ0) is 28.2. The van der Waals surface area contributed by atoms with Crippen molar-refractivity contribution in [1.82, 2.24) is 30.0 Å². The lowest BCUT2D eigenvalue weighted by Crippen LogP contribution is -2.40. The molecule has 4 aromatic rings. The first-order chi connectivity index (χ1) is 19.4. The maximum atomic E-state index is 12.6. The molecule has 4 heterocycles. The number of aliphatic hydroxyl groups is 2. The number of aromatic amines is 1. The molecule has 1 unspecified atom stereocenters. The first-order valence-electron chi connectivity index (χ1n) is 13.6. The molecule has 12 heteroatoms. The molecule has 0 radical (unpaired) electrons. The number of nitrogens with two attached hydrogens (primary N) is 2. The van der Waals surface area contributed by atoms with Crippen molar-refractivity contribution in [1.29, 1.82) is 0 Å². The summed E-state index contributed by atoms with van der Waals surface area (Å²) in [5, 5.41) is 31.7. The van der Waals surface area contributed by atoms with Crippen LogP contribution < -0.4 is 16.8 Å². The van der Waals surface area contributed by atoms with Crippen molar-refractivity contribution in [2.24, 2.45) is 11.7 Å². The Balaban J connectivity index is 1.12. The fourth-order valence-electron chi connectivity index (χ4n) is 5.18. The lowest BCUT2D eigenvalue weighted by molar-refractivity contribution is -0.122. The van der Waals surface area contributed by atoms with E-state index in [9.17, 15) is 15.0 Å². The summed E-state index contributed by atoms with van der Waals surface area (Å²) in [6, 6.07) is 12.7. The van der Waals surface area contributed by atoms with Gasteiger partial charge in [-0.05, 0) is 37.3 Å². The van der Waals surface area contributed by atoms with Gasteiger partial charge in [-0.1, -0.05) is 43.7 Å². The molecule has 6 atom stereocenters. The van der Waals surface area contributed by atoms with Gasteiger partial charge in [0.1, 0.15) is 17.7 Å². The first kappa shape index (κ1) is 27.7. The average molecular weight is 549 g/mol. The van der Waals surface area contributed by atoms with Crippen LogP contribution >= 0.6 is 0 Å². The van der Waals surface area contributed by atoms with E-state index in [1.807, 2.05) is 43.3 Å². The molecule has 0 saturated carbocycles. The lowest BCUT2D eigenvalue weighted by atomic mass is 9.90. The number of anilines is 1. The summed E-state index contributed by atoms with van der Waals surface area (Å²) in [4.78, 5) is 21.2. The number of H-pyrrole nitrogens is 1. The Morgan fingerprint density at radius 2 is 1.98 bits per heavy atom. The van der Waals surface area contributed by atoms with Crippen molar-refractivity contribution in [3.63, 3.8) is 0 Å². The predicted molar refractivity (Wildman–Crippen MR) is 149 cm³/mol. The molecule has 3 aromatic heterocycles. The number of fused-ring (bicyclic) bond motifs is 1. The largest absolute Gasteiger partial charge is 0.397 e. The Hall–Kier alpha value is -3.84. The zero-order valence-electron chi connectivity index (χ0n) is 22.4. The number of nitrogens with one attached hydrogen (secondary N) is 2. The van der Waals surface area contributed by atoms with E-state index >= 15 is 0 Å². The molecule has 1 aliphatic heterocycles. The predicted octanol–water partition coefficient (Wildman–Crippen LogP) is 1.86. The van der Waals surface area contributed by atoms with Crippen molar-refractivity contribution in [2.45, 2.75) is 69.7 Å². The third-order valence-electron chi connectivity index (χ3n) is 7.62. The highest BCUT2D eigenvalue weighted by atomic mass is 16.6. The van der Waals surface area contributed by atoms with Crippen LogP contribution in [-0.2, 0) is 16.1 Å². The van der Waals surface area contributed by atoms with Crippen molar-refractivity contribution in [3.8, 4) is 11.3 Å². The maximum Gasteiger partial charge on any atom is 0.237 e. The third-order valence-corrected chi connectivity index (χ3v) is 7.62. The Kier molecular flexibility index (Phi) is 8.40. The number of ether oxygens (including phenoxy) is 1. The van der Waals surface area contributed by atoms with Crippen LogP contribution in [0.1, 0.15) is 44.5 Å². The van der Waals surface area contributed by atoms with Crippen LogP contribution in [0.25, 0.3) is 22.4 Å². The number of benzene rings is 1. The normalized spacial score (nSPS) is 22.4. The second-order valence-electron chi connectivity index (χ2n) is 10.3. The molecule has 1 amide bonds. The molecule has 212 valence electrons. The van der Waals surface area contributed by atoms with Crippen LogP contribution in [0.4, 0.5) is 5.69 Å². The van der Waals surface area contributed by atoms with Crippen molar-refractivity contribution >= 4 is 22.8 Å². The monoisotopic (exact) mass is 548 g/mol. The summed E-state index contributed by atoms with van der Waals surface area (Å²) in [7, 11) is 0. The van der Waals surface area contributed by atoms with Gasteiger partial charge in [0.15, 0.2) is 11.9 Å². The van der Waals surface area contributed by atoms with Gasteiger partial charge in [-0.2, -0.15) is 5.10 Å². The highest BCUT2D eigenvalue weighted by molar-refractivity contribution is 5.83.